The molecule has 0 unspecified atom stereocenters. The van der Waals surface area contributed by atoms with E-state index in [1.165, 1.54) is 0 Å². The summed E-state index contributed by atoms with van der Waals surface area (Å²) in [5, 5.41) is 12.5. The first kappa shape index (κ1) is 10.9. The molecule has 0 aliphatic heterocycles. The maximum absolute atomic E-state index is 11.0. The molecule has 5 heteroatoms. The topological polar surface area (TPSA) is 83.4 Å². The molecule has 0 bridgehead atoms. The number of carbonyl (C=O) groups is 2. The number of aromatic amines is 1. The average molecular weight is 206 g/mol. The lowest BCUT2D eigenvalue weighted by Gasteiger charge is -1.99. The molecular formula is C10H10N2O3. The second kappa shape index (κ2) is 5.54. The van der Waals surface area contributed by atoms with Crippen molar-refractivity contribution in [2.75, 3.05) is 0 Å². The molecule has 0 aliphatic rings. The van der Waals surface area contributed by atoms with Crippen LogP contribution in [-0.2, 0) is 16.1 Å². The first-order chi connectivity index (χ1) is 7.18. The Kier molecular flexibility index (Phi) is 4.03. The van der Waals surface area contributed by atoms with Crippen molar-refractivity contribution in [3.63, 3.8) is 0 Å². The van der Waals surface area contributed by atoms with Gasteiger partial charge in [0.1, 0.15) is 0 Å². The van der Waals surface area contributed by atoms with Crippen LogP contribution in [0.25, 0.3) is 0 Å². The van der Waals surface area contributed by atoms with Gasteiger partial charge < -0.3 is 15.2 Å². The quantitative estimate of drug-likeness (QED) is 0.604. The molecule has 15 heavy (non-hydrogen) atoms. The fourth-order valence-electron chi connectivity index (χ4n) is 0.932. The highest BCUT2D eigenvalue weighted by molar-refractivity contribution is 5.93. The summed E-state index contributed by atoms with van der Waals surface area (Å²) >= 11 is 0. The molecular weight excluding hydrogens is 196 g/mol. The third-order valence-corrected chi connectivity index (χ3v) is 1.61. The number of hydrogen-bond acceptors (Lipinski definition) is 3. The zero-order chi connectivity index (χ0) is 11.1. The molecule has 0 aliphatic carbocycles. The molecule has 5 nitrogen and oxygen atoms in total. The number of rotatable bonds is 4. The Morgan fingerprint density at radius 1 is 1.47 bits per heavy atom. The Hall–Kier alpha value is -2.17. The molecule has 0 atom stereocenters. The van der Waals surface area contributed by atoms with Gasteiger partial charge in [-0.3, -0.25) is 4.79 Å². The Morgan fingerprint density at radius 2 is 2.27 bits per heavy atom. The summed E-state index contributed by atoms with van der Waals surface area (Å²) in [5.41, 5.74) is 0.896. The van der Waals surface area contributed by atoms with Gasteiger partial charge in [0.2, 0.25) is 5.91 Å². The van der Waals surface area contributed by atoms with Crippen molar-refractivity contribution in [1.82, 2.24) is 5.32 Å². The van der Waals surface area contributed by atoms with Crippen molar-refractivity contribution >= 4 is 11.9 Å². The lowest BCUT2D eigenvalue weighted by Crippen LogP contribution is -2.23. The second-order valence-electron chi connectivity index (χ2n) is 2.78. The number of carbonyl (C=O) groups excluding carboxylic acids is 2. The van der Waals surface area contributed by atoms with E-state index >= 15 is 0 Å². The van der Waals surface area contributed by atoms with Gasteiger partial charge in [-0.05, 0) is 12.1 Å². The third-order valence-electron chi connectivity index (χ3n) is 1.61. The predicted octanol–water partition coefficient (Wildman–Crippen LogP) is -1.58. The molecule has 0 saturated heterocycles. The molecule has 0 spiro atoms. The fourth-order valence-corrected chi connectivity index (χ4v) is 0.932. The van der Waals surface area contributed by atoms with Gasteiger partial charge in [0.25, 0.3) is 0 Å². The van der Waals surface area contributed by atoms with Gasteiger partial charge >= 0.3 is 0 Å². The van der Waals surface area contributed by atoms with E-state index in [0.29, 0.717) is 12.6 Å². The van der Waals surface area contributed by atoms with E-state index < -0.39 is 11.9 Å². The summed E-state index contributed by atoms with van der Waals surface area (Å²) in [5.74, 6) is -1.86. The Labute approximate surface area is 86.5 Å². The monoisotopic (exact) mass is 206 g/mol. The SMILES string of the molecule is O=C([O-])C=CC(=O)NCc1ccc[nH+]c1. The van der Waals surface area contributed by atoms with Crippen LogP contribution in [0.15, 0.2) is 36.7 Å². The molecule has 0 radical (unpaired) electrons. The summed E-state index contributed by atoms with van der Waals surface area (Å²) in [4.78, 5) is 23.9. The molecule has 1 aromatic rings. The number of aromatic nitrogens is 1. The largest absolute Gasteiger partial charge is 0.545 e. The summed E-state index contributed by atoms with van der Waals surface area (Å²) in [6, 6.07) is 3.64. The molecule has 78 valence electrons. The van der Waals surface area contributed by atoms with Gasteiger partial charge in [-0.2, -0.15) is 0 Å². The third kappa shape index (κ3) is 4.56. The predicted molar refractivity (Wildman–Crippen MR) is 49.0 cm³/mol. The van der Waals surface area contributed by atoms with E-state index in [9.17, 15) is 14.7 Å². The molecule has 1 heterocycles. The van der Waals surface area contributed by atoms with E-state index in [1.54, 1.807) is 18.5 Å². The van der Waals surface area contributed by atoms with Crippen LogP contribution < -0.4 is 15.4 Å². The van der Waals surface area contributed by atoms with Gasteiger partial charge in [-0.1, -0.05) is 0 Å². The van der Waals surface area contributed by atoms with E-state index in [4.69, 9.17) is 0 Å². The van der Waals surface area contributed by atoms with Gasteiger partial charge in [-0.25, -0.2) is 4.98 Å². The highest BCUT2D eigenvalue weighted by Crippen LogP contribution is 1.91. The Morgan fingerprint density at radius 3 is 2.87 bits per heavy atom. The number of hydrogen-bond donors (Lipinski definition) is 1. The van der Waals surface area contributed by atoms with Gasteiger partial charge in [0.05, 0.1) is 5.97 Å². The number of H-pyrrole nitrogens is 1. The van der Waals surface area contributed by atoms with Crippen LogP contribution in [-0.4, -0.2) is 11.9 Å². The molecule has 1 amide bonds. The highest BCUT2D eigenvalue weighted by Gasteiger charge is 1.97. The summed E-state index contributed by atoms with van der Waals surface area (Å²) in [6.45, 7) is 0.341. The van der Waals surface area contributed by atoms with E-state index in [2.05, 4.69) is 10.3 Å². The zero-order valence-electron chi connectivity index (χ0n) is 7.90. The van der Waals surface area contributed by atoms with Crippen molar-refractivity contribution in [1.29, 1.82) is 0 Å². The highest BCUT2D eigenvalue weighted by atomic mass is 16.4. The van der Waals surface area contributed by atoms with Gasteiger partial charge in [0, 0.05) is 24.3 Å². The maximum atomic E-state index is 11.0. The molecule has 2 N–H and O–H groups in total. The summed E-state index contributed by atoms with van der Waals surface area (Å²) in [7, 11) is 0. The zero-order valence-corrected chi connectivity index (χ0v) is 7.90. The van der Waals surface area contributed by atoms with Crippen LogP contribution in [0, 0.1) is 0 Å². The van der Waals surface area contributed by atoms with Crippen molar-refractivity contribution in [3.8, 4) is 0 Å². The average Bonchev–Trinajstić information content (AvgIpc) is 2.25. The summed E-state index contributed by atoms with van der Waals surface area (Å²) < 4.78 is 0. The minimum atomic E-state index is -1.39. The minimum Gasteiger partial charge on any atom is -0.545 e. The maximum Gasteiger partial charge on any atom is 0.244 e. The van der Waals surface area contributed by atoms with Crippen LogP contribution >= 0.6 is 0 Å². The van der Waals surface area contributed by atoms with Crippen molar-refractivity contribution in [2.24, 2.45) is 0 Å². The van der Waals surface area contributed by atoms with Crippen LogP contribution in [0.3, 0.4) is 0 Å². The number of carboxylic acids is 1. The first-order valence-corrected chi connectivity index (χ1v) is 4.30. The normalized spacial score (nSPS) is 10.1. The number of carboxylic acid groups (broad SMARTS) is 1. The van der Waals surface area contributed by atoms with Gasteiger partial charge in [-0.15, -0.1) is 0 Å². The molecule has 0 saturated carbocycles. The standard InChI is InChI=1S/C10H10N2O3/c13-9(3-4-10(14)15)12-7-8-2-1-5-11-6-8/h1-6H,7H2,(H,12,13)(H,14,15). The second-order valence-corrected chi connectivity index (χ2v) is 2.78. The van der Waals surface area contributed by atoms with Crippen molar-refractivity contribution in [2.45, 2.75) is 6.54 Å². The Balaban J connectivity index is 2.38. The number of aliphatic carboxylic acids is 1. The fraction of sp³-hybridized carbons (Fsp3) is 0.100. The van der Waals surface area contributed by atoms with Crippen LogP contribution in [0.4, 0.5) is 0 Å². The minimum absolute atomic E-state index is 0.341. The lowest BCUT2D eigenvalue weighted by molar-refractivity contribution is -0.378. The van der Waals surface area contributed by atoms with Crippen molar-refractivity contribution < 1.29 is 19.7 Å². The molecule has 0 fully saturated rings. The van der Waals surface area contributed by atoms with Crippen LogP contribution in [0.5, 0.6) is 0 Å². The number of amides is 1. The number of pyridine rings is 1. The van der Waals surface area contributed by atoms with E-state index in [1.807, 2.05) is 6.07 Å². The number of nitrogens with one attached hydrogen (secondary N) is 2. The van der Waals surface area contributed by atoms with E-state index in [-0.39, 0.29) is 0 Å². The van der Waals surface area contributed by atoms with Crippen molar-refractivity contribution in [3.05, 3.63) is 42.2 Å². The molecule has 1 aromatic heterocycles. The van der Waals surface area contributed by atoms with Crippen LogP contribution in [0.1, 0.15) is 5.56 Å². The Bertz CT molecular complexity index is 374. The molecule has 1 rings (SSSR count). The first-order valence-electron chi connectivity index (χ1n) is 4.30. The lowest BCUT2D eigenvalue weighted by atomic mass is 10.3. The van der Waals surface area contributed by atoms with Gasteiger partial charge in [0.15, 0.2) is 12.4 Å². The smallest absolute Gasteiger partial charge is 0.244 e. The summed E-state index contributed by atoms with van der Waals surface area (Å²) in [6.07, 6.45) is 5.10. The van der Waals surface area contributed by atoms with E-state index in [0.717, 1.165) is 11.6 Å². The van der Waals surface area contributed by atoms with Crippen LogP contribution in [0.2, 0.25) is 0 Å². The molecule has 0 aromatic carbocycles.